The summed E-state index contributed by atoms with van der Waals surface area (Å²) in [5.41, 5.74) is 1.86. The van der Waals surface area contributed by atoms with Crippen LogP contribution in [0, 0.1) is 28.6 Å². The zero-order valence-corrected chi connectivity index (χ0v) is 16.6. The number of carbonyl (C=O) groups excluding carboxylic acids is 1. The van der Waals surface area contributed by atoms with Crippen LogP contribution in [0.15, 0.2) is 29.0 Å². The highest BCUT2D eigenvalue weighted by Crippen LogP contribution is 2.63. The molecular formula is C22H30N2OS. The second-order valence-electron chi connectivity index (χ2n) is 9.55. The lowest BCUT2D eigenvalue weighted by molar-refractivity contribution is -0.122. The van der Waals surface area contributed by atoms with Gasteiger partial charge in [-0.3, -0.25) is 4.79 Å². The normalized spacial score (nSPS) is 46.8. The van der Waals surface area contributed by atoms with Crippen molar-refractivity contribution in [1.29, 1.82) is 0 Å². The number of carbonyl (C=O) groups is 1. The number of thiophene rings is 1. The number of hydrogen-bond acceptors (Lipinski definition) is 3. The van der Waals surface area contributed by atoms with E-state index in [4.69, 9.17) is 0 Å². The Kier molecular flexibility index (Phi) is 3.79. The topological polar surface area (TPSA) is 41.1 Å². The zero-order valence-electron chi connectivity index (χ0n) is 15.8. The summed E-state index contributed by atoms with van der Waals surface area (Å²) in [7, 11) is 0. The maximum absolute atomic E-state index is 11.8. The summed E-state index contributed by atoms with van der Waals surface area (Å²) in [6.07, 6.45) is 11.7. The van der Waals surface area contributed by atoms with Gasteiger partial charge in [0.25, 0.3) is 0 Å². The van der Waals surface area contributed by atoms with Gasteiger partial charge in [-0.15, -0.1) is 0 Å². The first-order valence-corrected chi connectivity index (χ1v) is 11.2. The first-order valence-electron chi connectivity index (χ1n) is 10.3. The summed E-state index contributed by atoms with van der Waals surface area (Å²) in [6.45, 7) is 4.96. The van der Waals surface area contributed by atoms with E-state index in [0.717, 1.165) is 24.2 Å². The van der Waals surface area contributed by atoms with Gasteiger partial charge in [0, 0.05) is 28.6 Å². The third kappa shape index (κ3) is 2.33. The highest BCUT2D eigenvalue weighted by Gasteiger charge is 2.59. The maximum Gasteiger partial charge on any atom is 0.243 e. The molecule has 1 aliphatic heterocycles. The molecule has 3 nitrogen and oxygen atoms in total. The first kappa shape index (κ1) is 16.9. The molecule has 2 unspecified atom stereocenters. The molecule has 7 atom stereocenters. The summed E-state index contributed by atoms with van der Waals surface area (Å²) >= 11 is 1.78. The fourth-order valence-electron chi connectivity index (χ4n) is 7.12. The molecule has 2 heterocycles. The summed E-state index contributed by atoms with van der Waals surface area (Å²) in [6, 6.07) is 3.16. The zero-order chi connectivity index (χ0) is 17.9. The van der Waals surface area contributed by atoms with Crippen LogP contribution in [0.2, 0.25) is 0 Å². The summed E-state index contributed by atoms with van der Waals surface area (Å²) in [5.74, 6) is 2.45. The van der Waals surface area contributed by atoms with Gasteiger partial charge in [0.1, 0.15) is 0 Å². The molecule has 0 saturated heterocycles. The SMILES string of the molecule is C[C@]12C=CC(=O)NC1CC[C@@H]1[C@H]2CC[C@]2(C)C(Nc3ccsc3)CC[C@@H]12. The van der Waals surface area contributed by atoms with Crippen molar-refractivity contribution in [2.75, 3.05) is 5.32 Å². The van der Waals surface area contributed by atoms with Gasteiger partial charge in [-0.05, 0) is 79.2 Å². The Morgan fingerprint density at radius 3 is 2.85 bits per heavy atom. The molecule has 0 radical (unpaired) electrons. The standard InChI is InChI=1S/C22H30N2OS/c1-21-10-7-17-15(3-5-19-22(17,2)11-8-20(25)24-19)16(21)4-6-18(21)23-14-9-12-26-13-14/h8-9,11-13,15-19,23H,3-7,10H2,1-2H3,(H,24,25)/t15-,16-,17+,18?,19?,21-,22+/m0/s1. The van der Waals surface area contributed by atoms with E-state index in [0.29, 0.717) is 17.5 Å². The van der Waals surface area contributed by atoms with E-state index in [1.807, 2.05) is 0 Å². The lowest BCUT2D eigenvalue weighted by Gasteiger charge is -2.58. The number of nitrogens with one attached hydrogen (secondary N) is 2. The van der Waals surface area contributed by atoms with Gasteiger partial charge >= 0.3 is 0 Å². The van der Waals surface area contributed by atoms with E-state index in [1.165, 1.54) is 37.8 Å². The Labute approximate surface area is 160 Å². The van der Waals surface area contributed by atoms with Crippen molar-refractivity contribution in [2.45, 2.75) is 64.5 Å². The molecule has 3 saturated carbocycles. The minimum Gasteiger partial charge on any atom is -0.381 e. The molecular weight excluding hydrogens is 340 g/mol. The fourth-order valence-corrected chi connectivity index (χ4v) is 7.72. The average Bonchev–Trinajstić information content (AvgIpc) is 3.24. The lowest BCUT2D eigenvalue weighted by atomic mass is 9.48. The van der Waals surface area contributed by atoms with Gasteiger partial charge < -0.3 is 10.6 Å². The number of fused-ring (bicyclic) bond motifs is 5. The predicted octanol–water partition coefficient (Wildman–Crippen LogP) is 4.83. The quantitative estimate of drug-likeness (QED) is 0.783. The van der Waals surface area contributed by atoms with E-state index < -0.39 is 0 Å². The molecule has 1 aromatic rings. The van der Waals surface area contributed by atoms with Crippen molar-refractivity contribution in [1.82, 2.24) is 5.32 Å². The highest BCUT2D eigenvalue weighted by molar-refractivity contribution is 7.08. The Morgan fingerprint density at radius 2 is 2.04 bits per heavy atom. The predicted molar refractivity (Wildman–Crippen MR) is 107 cm³/mol. The van der Waals surface area contributed by atoms with Crippen molar-refractivity contribution in [3.63, 3.8) is 0 Å². The molecule has 4 heteroatoms. The molecule has 140 valence electrons. The lowest BCUT2D eigenvalue weighted by Crippen LogP contribution is -2.59. The molecule has 2 N–H and O–H groups in total. The van der Waals surface area contributed by atoms with Crippen molar-refractivity contribution in [2.24, 2.45) is 28.6 Å². The highest BCUT2D eigenvalue weighted by atomic mass is 32.1. The van der Waals surface area contributed by atoms with Gasteiger partial charge in [0.2, 0.25) is 5.91 Å². The van der Waals surface area contributed by atoms with Gasteiger partial charge in [-0.2, -0.15) is 11.3 Å². The van der Waals surface area contributed by atoms with E-state index in [1.54, 1.807) is 17.4 Å². The Balaban J connectivity index is 1.41. The van der Waals surface area contributed by atoms with Crippen LogP contribution in [0.3, 0.4) is 0 Å². The molecule has 1 aromatic heterocycles. The molecule has 4 aliphatic rings. The minimum atomic E-state index is 0.104. The molecule has 1 amide bonds. The van der Waals surface area contributed by atoms with Crippen LogP contribution < -0.4 is 10.6 Å². The monoisotopic (exact) mass is 370 g/mol. The molecule has 0 bridgehead atoms. The summed E-state index contributed by atoms with van der Waals surface area (Å²) in [4.78, 5) is 11.8. The Morgan fingerprint density at radius 1 is 1.15 bits per heavy atom. The Bertz CT molecular complexity index is 729. The number of rotatable bonds is 2. The largest absolute Gasteiger partial charge is 0.381 e. The molecule has 26 heavy (non-hydrogen) atoms. The van der Waals surface area contributed by atoms with Crippen LogP contribution in [0.4, 0.5) is 5.69 Å². The third-order valence-corrected chi connectivity index (χ3v) is 9.23. The molecule has 0 aromatic carbocycles. The molecule has 3 aliphatic carbocycles. The second kappa shape index (κ2) is 5.85. The summed E-state index contributed by atoms with van der Waals surface area (Å²) < 4.78 is 0. The third-order valence-electron chi connectivity index (χ3n) is 8.55. The van der Waals surface area contributed by atoms with E-state index in [2.05, 4.69) is 47.4 Å². The van der Waals surface area contributed by atoms with Crippen LogP contribution in [0.25, 0.3) is 0 Å². The number of hydrogen-bond donors (Lipinski definition) is 2. The van der Waals surface area contributed by atoms with Crippen LogP contribution in [0.1, 0.15) is 52.4 Å². The molecule has 0 spiro atoms. The van der Waals surface area contributed by atoms with Gasteiger partial charge in [-0.25, -0.2) is 0 Å². The van der Waals surface area contributed by atoms with E-state index >= 15 is 0 Å². The average molecular weight is 371 g/mol. The van der Waals surface area contributed by atoms with Crippen molar-refractivity contribution >= 4 is 22.9 Å². The fraction of sp³-hybridized carbons (Fsp3) is 0.682. The van der Waals surface area contributed by atoms with Crippen LogP contribution in [-0.2, 0) is 4.79 Å². The van der Waals surface area contributed by atoms with Gasteiger partial charge in [0.05, 0.1) is 0 Å². The van der Waals surface area contributed by atoms with Gasteiger partial charge in [-0.1, -0.05) is 19.9 Å². The van der Waals surface area contributed by atoms with Gasteiger partial charge in [0.15, 0.2) is 0 Å². The number of amides is 1. The van der Waals surface area contributed by atoms with Crippen LogP contribution in [0.5, 0.6) is 0 Å². The minimum absolute atomic E-state index is 0.104. The van der Waals surface area contributed by atoms with E-state index in [-0.39, 0.29) is 11.3 Å². The summed E-state index contributed by atoms with van der Waals surface area (Å²) in [5, 5.41) is 11.5. The smallest absolute Gasteiger partial charge is 0.243 e. The second-order valence-corrected chi connectivity index (χ2v) is 10.3. The maximum atomic E-state index is 11.8. The Hall–Kier alpha value is -1.29. The first-order chi connectivity index (χ1) is 12.5. The molecule has 3 fully saturated rings. The van der Waals surface area contributed by atoms with Crippen LogP contribution in [-0.4, -0.2) is 18.0 Å². The van der Waals surface area contributed by atoms with Crippen molar-refractivity contribution in [3.8, 4) is 0 Å². The number of anilines is 1. The van der Waals surface area contributed by atoms with Crippen LogP contribution >= 0.6 is 11.3 Å². The van der Waals surface area contributed by atoms with E-state index in [9.17, 15) is 4.79 Å². The van der Waals surface area contributed by atoms with Crippen molar-refractivity contribution < 1.29 is 4.79 Å². The van der Waals surface area contributed by atoms with Crippen molar-refractivity contribution in [3.05, 3.63) is 29.0 Å². The molecule has 5 rings (SSSR count).